The Hall–Kier alpha value is -0.350. The van der Waals surface area contributed by atoms with Gasteiger partial charge in [-0.05, 0) is 54.8 Å². The second-order valence-electron chi connectivity index (χ2n) is 4.79. The van der Waals surface area contributed by atoms with Crippen LogP contribution in [0.1, 0.15) is 42.6 Å². The van der Waals surface area contributed by atoms with E-state index in [9.17, 15) is 4.79 Å². The summed E-state index contributed by atoms with van der Waals surface area (Å²) >= 11 is 6.87. The molecule has 0 spiro atoms. The smallest absolute Gasteiger partial charge is 0.252 e. The number of halogens is 2. The Morgan fingerprint density at radius 1 is 1.44 bits per heavy atom. The van der Waals surface area contributed by atoms with Gasteiger partial charge in [-0.1, -0.05) is 34.5 Å². The van der Waals surface area contributed by atoms with Gasteiger partial charge in [0.2, 0.25) is 0 Å². The summed E-state index contributed by atoms with van der Waals surface area (Å²) in [5.74, 6) is -0.0177. The van der Waals surface area contributed by atoms with Gasteiger partial charge in [-0.15, -0.1) is 0 Å². The molecular formula is C14H19Br2NO. The number of benzene rings is 1. The average molecular weight is 377 g/mol. The molecule has 100 valence electrons. The maximum Gasteiger partial charge on any atom is 0.252 e. The first-order valence-corrected chi connectivity index (χ1v) is 7.98. The van der Waals surface area contributed by atoms with E-state index >= 15 is 0 Å². The third-order valence-corrected chi connectivity index (χ3v) is 4.30. The summed E-state index contributed by atoms with van der Waals surface area (Å²) in [6.07, 6.45) is 1.83. The van der Waals surface area contributed by atoms with Crippen LogP contribution < -0.4 is 5.32 Å². The van der Waals surface area contributed by atoms with Gasteiger partial charge in [0.1, 0.15) is 0 Å². The summed E-state index contributed by atoms with van der Waals surface area (Å²) in [7, 11) is 0. The molecule has 0 saturated heterocycles. The highest BCUT2D eigenvalue weighted by Gasteiger charge is 2.24. The predicted molar refractivity (Wildman–Crippen MR) is 83.5 cm³/mol. The fourth-order valence-electron chi connectivity index (χ4n) is 1.69. The lowest BCUT2D eigenvalue weighted by molar-refractivity contribution is 0.0901. The van der Waals surface area contributed by atoms with E-state index in [2.05, 4.69) is 51.0 Å². The van der Waals surface area contributed by atoms with Gasteiger partial charge in [0.15, 0.2) is 0 Å². The standard InChI is InChI=1S/C14H19Br2NO/c1-4-14(3,7-8-15)17-13(18)11-9-10(2)5-6-12(11)16/h5-6,9H,4,7-8H2,1-3H3,(H,17,18). The SMILES string of the molecule is CCC(C)(CCBr)NC(=O)c1cc(C)ccc1Br. The van der Waals surface area contributed by atoms with Crippen molar-refractivity contribution in [2.24, 2.45) is 0 Å². The van der Waals surface area contributed by atoms with Crippen molar-refractivity contribution in [3.8, 4) is 0 Å². The van der Waals surface area contributed by atoms with Gasteiger partial charge in [0, 0.05) is 15.3 Å². The molecule has 0 radical (unpaired) electrons. The Bertz CT molecular complexity index is 434. The first-order valence-electron chi connectivity index (χ1n) is 6.06. The summed E-state index contributed by atoms with van der Waals surface area (Å²) in [5.41, 5.74) is 1.62. The van der Waals surface area contributed by atoms with Gasteiger partial charge < -0.3 is 5.32 Å². The van der Waals surface area contributed by atoms with Crippen LogP contribution in [0.2, 0.25) is 0 Å². The van der Waals surface area contributed by atoms with Crippen LogP contribution in [0.3, 0.4) is 0 Å². The molecule has 4 heteroatoms. The number of amides is 1. The Morgan fingerprint density at radius 3 is 2.67 bits per heavy atom. The Kier molecular flexibility index (Phi) is 5.86. The normalized spacial score (nSPS) is 14.1. The summed E-state index contributed by atoms with van der Waals surface area (Å²) < 4.78 is 0.836. The van der Waals surface area contributed by atoms with Crippen LogP contribution in [0.15, 0.2) is 22.7 Å². The van der Waals surface area contributed by atoms with Gasteiger partial charge in [0.25, 0.3) is 5.91 Å². The highest BCUT2D eigenvalue weighted by Crippen LogP contribution is 2.21. The molecule has 1 rings (SSSR count). The molecular weight excluding hydrogens is 358 g/mol. The predicted octanol–water partition coefficient (Wildman–Crippen LogP) is 4.44. The highest BCUT2D eigenvalue weighted by molar-refractivity contribution is 9.10. The molecule has 0 fully saturated rings. The minimum Gasteiger partial charge on any atom is -0.347 e. The van der Waals surface area contributed by atoms with Crippen LogP contribution in [0.25, 0.3) is 0 Å². The van der Waals surface area contributed by atoms with Crippen LogP contribution in [0.4, 0.5) is 0 Å². The van der Waals surface area contributed by atoms with Crippen LogP contribution in [0, 0.1) is 6.92 Å². The summed E-state index contributed by atoms with van der Waals surface area (Å²) in [6.45, 7) is 6.16. The molecule has 1 aromatic carbocycles. The first-order chi connectivity index (χ1) is 8.41. The van der Waals surface area contributed by atoms with Crippen LogP contribution in [0.5, 0.6) is 0 Å². The molecule has 0 aromatic heterocycles. The van der Waals surface area contributed by atoms with Crippen molar-refractivity contribution in [3.05, 3.63) is 33.8 Å². The fraction of sp³-hybridized carbons (Fsp3) is 0.500. The number of hydrogen-bond acceptors (Lipinski definition) is 1. The topological polar surface area (TPSA) is 29.1 Å². The summed E-state index contributed by atoms with van der Waals surface area (Å²) in [4.78, 5) is 12.3. The van der Waals surface area contributed by atoms with Gasteiger partial charge >= 0.3 is 0 Å². The van der Waals surface area contributed by atoms with Crippen molar-refractivity contribution in [2.75, 3.05) is 5.33 Å². The van der Waals surface area contributed by atoms with Crippen molar-refractivity contribution in [3.63, 3.8) is 0 Å². The second kappa shape index (κ2) is 6.71. The number of carbonyl (C=O) groups is 1. The number of nitrogens with one attached hydrogen (secondary N) is 1. The minimum absolute atomic E-state index is 0.0177. The third kappa shape index (κ3) is 4.09. The lowest BCUT2D eigenvalue weighted by atomic mass is 9.95. The molecule has 2 nitrogen and oxygen atoms in total. The summed E-state index contributed by atoms with van der Waals surface area (Å²) in [5, 5.41) is 4.01. The van der Waals surface area contributed by atoms with Crippen molar-refractivity contribution in [1.82, 2.24) is 5.32 Å². The maximum absolute atomic E-state index is 12.3. The lowest BCUT2D eigenvalue weighted by Crippen LogP contribution is -2.45. The molecule has 18 heavy (non-hydrogen) atoms. The second-order valence-corrected chi connectivity index (χ2v) is 6.44. The van der Waals surface area contributed by atoms with Crippen molar-refractivity contribution >= 4 is 37.8 Å². The van der Waals surface area contributed by atoms with Crippen LogP contribution in [-0.2, 0) is 0 Å². The Balaban J connectivity index is 2.90. The largest absolute Gasteiger partial charge is 0.347 e. The van der Waals surface area contributed by atoms with E-state index in [1.807, 2.05) is 25.1 Å². The zero-order chi connectivity index (χ0) is 13.8. The monoisotopic (exact) mass is 375 g/mol. The van der Waals surface area contributed by atoms with Crippen LogP contribution in [-0.4, -0.2) is 16.8 Å². The lowest BCUT2D eigenvalue weighted by Gasteiger charge is -2.29. The zero-order valence-corrected chi connectivity index (χ0v) is 14.2. The number of aryl methyl sites for hydroxylation is 1. The van der Waals surface area contributed by atoms with E-state index in [-0.39, 0.29) is 11.4 Å². The molecule has 1 N–H and O–H groups in total. The molecule has 0 aliphatic rings. The molecule has 0 heterocycles. The van der Waals surface area contributed by atoms with Gasteiger partial charge in [-0.25, -0.2) is 0 Å². The number of carbonyl (C=O) groups excluding carboxylic acids is 1. The molecule has 1 amide bonds. The Morgan fingerprint density at radius 2 is 2.11 bits per heavy atom. The molecule has 0 bridgehead atoms. The molecule has 0 aliphatic heterocycles. The first kappa shape index (κ1) is 15.7. The van der Waals surface area contributed by atoms with Crippen LogP contribution >= 0.6 is 31.9 Å². The van der Waals surface area contributed by atoms with E-state index in [1.54, 1.807) is 0 Å². The maximum atomic E-state index is 12.3. The van der Waals surface area contributed by atoms with Gasteiger partial charge in [-0.3, -0.25) is 4.79 Å². The van der Waals surface area contributed by atoms with E-state index in [0.29, 0.717) is 5.56 Å². The zero-order valence-electron chi connectivity index (χ0n) is 11.0. The van der Waals surface area contributed by atoms with Gasteiger partial charge in [0.05, 0.1) is 5.56 Å². The number of alkyl halides is 1. The number of rotatable bonds is 5. The molecule has 1 aromatic rings. The minimum atomic E-state index is -0.163. The summed E-state index contributed by atoms with van der Waals surface area (Å²) in [6, 6.07) is 5.81. The third-order valence-electron chi connectivity index (χ3n) is 3.21. The van der Waals surface area contributed by atoms with E-state index in [4.69, 9.17) is 0 Å². The molecule has 1 unspecified atom stereocenters. The van der Waals surface area contributed by atoms with E-state index in [0.717, 1.165) is 28.2 Å². The molecule has 1 atom stereocenters. The fourth-order valence-corrected chi connectivity index (χ4v) is 2.99. The quantitative estimate of drug-likeness (QED) is 0.756. The van der Waals surface area contributed by atoms with E-state index < -0.39 is 0 Å². The van der Waals surface area contributed by atoms with Crippen molar-refractivity contribution in [1.29, 1.82) is 0 Å². The highest BCUT2D eigenvalue weighted by atomic mass is 79.9. The van der Waals surface area contributed by atoms with Gasteiger partial charge in [-0.2, -0.15) is 0 Å². The van der Waals surface area contributed by atoms with E-state index in [1.165, 1.54) is 0 Å². The average Bonchev–Trinajstić information content (AvgIpc) is 2.32. The molecule has 0 aliphatic carbocycles. The molecule has 0 saturated carbocycles. The van der Waals surface area contributed by atoms with Crippen molar-refractivity contribution in [2.45, 2.75) is 39.2 Å². The van der Waals surface area contributed by atoms with Crippen molar-refractivity contribution < 1.29 is 4.79 Å². The Labute approximate surface area is 126 Å². The number of hydrogen-bond donors (Lipinski definition) is 1.